The van der Waals surface area contributed by atoms with Crippen molar-refractivity contribution in [3.05, 3.63) is 70.5 Å². The van der Waals surface area contributed by atoms with Gasteiger partial charge in [-0.15, -0.1) is 0 Å². The second-order valence-corrected chi connectivity index (χ2v) is 7.50. The van der Waals surface area contributed by atoms with Crippen molar-refractivity contribution in [2.24, 2.45) is 0 Å². The Morgan fingerprint density at radius 1 is 1.09 bits per heavy atom. The van der Waals surface area contributed by atoms with Crippen LogP contribution >= 0.6 is 0 Å². The van der Waals surface area contributed by atoms with E-state index < -0.39 is 11.6 Å². The van der Waals surface area contributed by atoms with Crippen molar-refractivity contribution in [3.8, 4) is 17.2 Å². The standard InChI is InChI=1S/C24H27F2N3O4/c1-14(17-6-9-21(22(12-17)32-5)33-11-10-31-4)27-24(30)23-15(2)28-29(16(23)3)20-8-7-18(25)13-19(20)26/h6-9,12-14H,10-11H2,1-5H3,(H,27,30). The van der Waals surface area contributed by atoms with Crippen molar-refractivity contribution in [2.45, 2.75) is 26.8 Å². The summed E-state index contributed by atoms with van der Waals surface area (Å²) < 4.78 is 44.9. The monoisotopic (exact) mass is 459 g/mol. The van der Waals surface area contributed by atoms with E-state index in [0.717, 1.165) is 17.7 Å². The van der Waals surface area contributed by atoms with Crippen LogP contribution in [0.4, 0.5) is 8.78 Å². The fraction of sp³-hybridized carbons (Fsp3) is 0.333. The summed E-state index contributed by atoms with van der Waals surface area (Å²) in [5, 5.41) is 7.24. The quantitative estimate of drug-likeness (QED) is 0.483. The van der Waals surface area contributed by atoms with Gasteiger partial charge in [-0.25, -0.2) is 13.5 Å². The summed E-state index contributed by atoms with van der Waals surface area (Å²) in [6.45, 7) is 6.01. The SMILES string of the molecule is COCCOc1ccc(C(C)NC(=O)c2c(C)nn(-c3ccc(F)cc3F)c2C)cc1OC. The maximum absolute atomic E-state index is 14.3. The predicted molar refractivity (Wildman–Crippen MR) is 119 cm³/mol. The van der Waals surface area contributed by atoms with Gasteiger partial charge in [0.05, 0.1) is 36.7 Å². The molecule has 176 valence electrons. The Morgan fingerprint density at radius 3 is 2.52 bits per heavy atom. The molecule has 0 bridgehead atoms. The van der Waals surface area contributed by atoms with Crippen molar-refractivity contribution >= 4 is 5.91 Å². The molecule has 0 saturated carbocycles. The molecule has 0 aliphatic heterocycles. The third-order valence-electron chi connectivity index (χ3n) is 5.24. The lowest BCUT2D eigenvalue weighted by molar-refractivity contribution is 0.0938. The summed E-state index contributed by atoms with van der Waals surface area (Å²) in [6, 6.07) is 8.27. The van der Waals surface area contributed by atoms with E-state index in [9.17, 15) is 13.6 Å². The molecule has 9 heteroatoms. The zero-order valence-corrected chi connectivity index (χ0v) is 19.2. The van der Waals surface area contributed by atoms with Gasteiger partial charge in [0.15, 0.2) is 17.3 Å². The normalized spacial score (nSPS) is 11.8. The Morgan fingerprint density at radius 2 is 1.85 bits per heavy atom. The average molecular weight is 459 g/mol. The van der Waals surface area contributed by atoms with Crippen LogP contribution in [0.15, 0.2) is 36.4 Å². The van der Waals surface area contributed by atoms with Crippen LogP contribution in [-0.2, 0) is 4.74 Å². The molecule has 0 spiro atoms. The molecule has 7 nitrogen and oxygen atoms in total. The number of methoxy groups -OCH3 is 2. The highest BCUT2D eigenvalue weighted by Gasteiger charge is 2.23. The van der Waals surface area contributed by atoms with Gasteiger partial charge in [0.25, 0.3) is 5.91 Å². The summed E-state index contributed by atoms with van der Waals surface area (Å²) >= 11 is 0. The summed E-state index contributed by atoms with van der Waals surface area (Å²) in [6.07, 6.45) is 0. The van der Waals surface area contributed by atoms with Crippen molar-refractivity contribution in [3.63, 3.8) is 0 Å². The Kier molecular flexibility index (Phi) is 7.65. The number of ether oxygens (including phenoxy) is 3. The lowest BCUT2D eigenvalue weighted by Crippen LogP contribution is -2.27. The molecule has 33 heavy (non-hydrogen) atoms. The molecule has 0 aliphatic carbocycles. The van der Waals surface area contributed by atoms with Gasteiger partial charge in [0.2, 0.25) is 0 Å². The zero-order chi connectivity index (χ0) is 24.1. The number of hydrogen-bond donors (Lipinski definition) is 1. The molecule has 0 fully saturated rings. The van der Waals surface area contributed by atoms with Gasteiger partial charge in [-0.05, 0) is 50.6 Å². The lowest BCUT2D eigenvalue weighted by atomic mass is 10.1. The van der Waals surface area contributed by atoms with Crippen LogP contribution in [0.3, 0.4) is 0 Å². The zero-order valence-electron chi connectivity index (χ0n) is 19.2. The highest BCUT2D eigenvalue weighted by atomic mass is 19.1. The Labute approximate surface area is 191 Å². The van der Waals surface area contributed by atoms with E-state index in [1.54, 1.807) is 40.2 Å². The summed E-state index contributed by atoms with van der Waals surface area (Å²) in [7, 11) is 3.14. The molecule has 2 aromatic carbocycles. The first-order chi connectivity index (χ1) is 15.8. The number of carbonyl (C=O) groups is 1. The number of halogens is 2. The highest BCUT2D eigenvalue weighted by molar-refractivity contribution is 5.96. The number of carbonyl (C=O) groups excluding carboxylic acids is 1. The van der Waals surface area contributed by atoms with Crippen LogP contribution in [0.2, 0.25) is 0 Å². The van der Waals surface area contributed by atoms with Gasteiger partial charge >= 0.3 is 0 Å². The minimum absolute atomic E-state index is 0.0675. The molecular weight excluding hydrogens is 432 g/mol. The third-order valence-corrected chi connectivity index (χ3v) is 5.24. The molecule has 1 heterocycles. The molecular formula is C24H27F2N3O4. The Hall–Kier alpha value is -3.46. The largest absolute Gasteiger partial charge is 0.493 e. The van der Waals surface area contributed by atoms with Gasteiger partial charge in [-0.3, -0.25) is 4.79 Å². The second-order valence-electron chi connectivity index (χ2n) is 7.50. The first kappa shape index (κ1) is 24.2. The predicted octanol–water partition coefficient (Wildman–Crippen LogP) is 4.29. The average Bonchev–Trinajstić information content (AvgIpc) is 3.07. The number of rotatable bonds is 9. The van der Waals surface area contributed by atoms with E-state index in [0.29, 0.717) is 41.7 Å². The number of benzene rings is 2. The van der Waals surface area contributed by atoms with E-state index in [4.69, 9.17) is 14.2 Å². The molecule has 1 amide bonds. The van der Waals surface area contributed by atoms with Gasteiger partial charge in [0.1, 0.15) is 18.1 Å². The fourth-order valence-electron chi connectivity index (χ4n) is 3.52. The number of nitrogens with zero attached hydrogens (tertiary/aromatic N) is 2. The molecule has 0 radical (unpaired) electrons. The molecule has 0 aliphatic rings. The Bertz CT molecular complexity index is 1150. The maximum Gasteiger partial charge on any atom is 0.255 e. The third kappa shape index (κ3) is 5.31. The van der Waals surface area contributed by atoms with Crippen molar-refractivity contribution in [1.29, 1.82) is 0 Å². The minimum atomic E-state index is -0.763. The number of nitrogens with one attached hydrogen (secondary N) is 1. The molecule has 1 unspecified atom stereocenters. The van der Waals surface area contributed by atoms with Crippen LogP contribution in [-0.4, -0.2) is 43.1 Å². The van der Waals surface area contributed by atoms with Crippen LogP contribution in [0.5, 0.6) is 11.5 Å². The fourth-order valence-corrected chi connectivity index (χ4v) is 3.52. The van der Waals surface area contributed by atoms with Crippen LogP contribution in [0.25, 0.3) is 5.69 Å². The van der Waals surface area contributed by atoms with E-state index in [1.807, 2.05) is 13.0 Å². The molecule has 0 saturated heterocycles. The van der Waals surface area contributed by atoms with Crippen molar-refractivity contribution in [1.82, 2.24) is 15.1 Å². The van der Waals surface area contributed by atoms with Gasteiger partial charge < -0.3 is 19.5 Å². The van der Waals surface area contributed by atoms with E-state index >= 15 is 0 Å². The summed E-state index contributed by atoms with van der Waals surface area (Å²) in [4.78, 5) is 13.1. The van der Waals surface area contributed by atoms with Crippen LogP contribution in [0.1, 0.15) is 40.3 Å². The molecule has 3 aromatic rings. The molecule has 1 aromatic heterocycles. The molecule has 1 atom stereocenters. The number of aryl methyl sites for hydroxylation is 1. The number of hydrogen-bond acceptors (Lipinski definition) is 5. The minimum Gasteiger partial charge on any atom is -0.493 e. The topological polar surface area (TPSA) is 74.6 Å². The maximum atomic E-state index is 14.3. The lowest BCUT2D eigenvalue weighted by Gasteiger charge is -2.17. The van der Waals surface area contributed by atoms with E-state index in [2.05, 4.69) is 10.4 Å². The number of amides is 1. The summed E-state index contributed by atoms with van der Waals surface area (Å²) in [5.41, 5.74) is 2.09. The smallest absolute Gasteiger partial charge is 0.255 e. The van der Waals surface area contributed by atoms with E-state index in [-0.39, 0.29) is 17.6 Å². The molecule has 3 rings (SSSR count). The van der Waals surface area contributed by atoms with Gasteiger partial charge in [-0.2, -0.15) is 5.10 Å². The van der Waals surface area contributed by atoms with Gasteiger partial charge in [0, 0.05) is 13.2 Å². The van der Waals surface area contributed by atoms with Gasteiger partial charge in [-0.1, -0.05) is 6.07 Å². The first-order valence-electron chi connectivity index (χ1n) is 10.4. The first-order valence-corrected chi connectivity index (χ1v) is 10.4. The second kappa shape index (κ2) is 10.4. The summed E-state index contributed by atoms with van der Waals surface area (Å²) in [5.74, 6) is -0.690. The molecule has 1 N–H and O–H groups in total. The van der Waals surface area contributed by atoms with Crippen LogP contribution in [0, 0.1) is 25.5 Å². The highest BCUT2D eigenvalue weighted by Crippen LogP contribution is 2.30. The van der Waals surface area contributed by atoms with E-state index in [1.165, 1.54) is 10.7 Å². The van der Waals surface area contributed by atoms with Crippen molar-refractivity contribution in [2.75, 3.05) is 27.4 Å². The number of aromatic nitrogens is 2. The van der Waals surface area contributed by atoms with Crippen molar-refractivity contribution < 1.29 is 27.8 Å². The van der Waals surface area contributed by atoms with Crippen LogP contribution < -0.4 is 14.8 Å². The Balaban J connectivity index is 1.81.